The third-order valence-corrected chi connectivity index (χ3v) is 4.19. The number of nitrogens with one attached hydrogen (secondary N) is 2. The van der Waals surface area contributed by atoms with Gasteiger partial charge in [-0.15, -0.1) is 0 Å². The number of fused-ring (bicyclic) bond motifs is 1. The fraction of sp³-hybridized carbons (Fsp3) is 0.176. The zero-order valence-corrected chi connectivity index (χ0v) is 13.2. The summed E-state index contributed by atoms with van der Waals surface area (Å²) in [6.07, 6.45) is 2.03. The van der Waals surface area contributed by atoms with Crippen LogP contribution in [-0.2, 0) is 6.54 Å². The van der Waals surface area contributed by atoms with Gasteiger partial charge in [0.05, 0.1) is 0 Å². The summed E-state index contributed by atoms with van der Waals surface area (Å²) in [6.45, 7) is 2.94. The van der Waals surface area contributed by atoms with E-state index in [1.165, 1.54) is 16.5 Å². The fourth-order valence-corrected chi connectivity index (χ4v) is 2.74. The van der Waals surface area contributed by atoms with Gasteiger partial charge in [0.2, 0.25) is 0 Å². The van der Waals surface area contributed by atoms with E-state index in [2.05, 4.69) is 35.4 Å². The normalized spacial score (nSPS) is 12.7. The molecule has 1 heterocycles. The van der Waals surface area contributed by atoms with Crippen molar-refractivity contribution in [2.75, 3.05) is 0 Å². The second-order valence-electron chi connectivity index (χ2n) is 5.16. The minimum absolute atomic E-state index is 0.263. The summed E-state index contributed by atoms with van der Waals surface area (Å²) in [6, 6.07) is 14.1. The number of aromatic nitrogens is 1. The molecule has 3 rings (SSSR count). The van der Waals surface area contributed by atoms with Crippen LogP contribution in [0.25, 0.3) is 10.9 Å². The molecule has 1 atom stereocenters. The molecule has 0 amide bonds. The van der Waals surface area contributed by atoms with Crippen molar-refractivity contribution in [2.24, 2.45) is 0 Å². The number of benzene rings is 2. The van der Waals surface area contributed by atoms with Crippen molar-refractivity contribution in [3.05, 3.63) is 69.8 Å². The number of halogens is 2. The molecular weight excluding hydrogens is 303 g/mol. The number of H-pyrrole nitrogens is 1. The predicted molar refractivity (Wildman–Crippen MR) is 90.0 cm³/mol. The summed E-state index contributed by atoms with van der Waals surface area (Å²) < 4.78 is 0. The molecule has 0 aliphatic heterocycles. The molecule has 2 aromatic carbocycles. The summed E-state index contributed by atoms with van der Waals surface area (Å²) in [4.78, 5) is 3.26. The zero-order valence-electron chi connectivity index (χ0n) is 11.7. The lowest BCUT2D eigenvalue weighted by molar-refractivity contribution is 0.576. The predicted octanol–water partition coefficient (Wildman–Crippen LogP) is 5.33. The summed E-state index contributed by atoms with van der Waals surface area (Å²) >= 11 is 11.9. The average molecular weight is 319 g/mol. The van der Waals surface area contributed by atoms with E-state index >= 15 is 0 Å². The van der Waals surface area contributed by atoms with Crippen LogP contribution in [0, 0.1) is 0 Å². The second kappa shape index (κ2) is 6.10. The quantitative estimate of drug-likeness (QED) is 0.669. The van der Waals surface area contributed by atoms with Gasteiger partial charge in [-0.1, -0.05) is 41.4 Å². The average Bonchev–Trinajstić information content (AvgIpc) is 2.87. The lowest BCUT2D eigenvalue weighted by atomic mass is 10.1. The molecule has 4 heteroatoms. The third kappa shape index (κ3) is 3.24. The Morgan fingerprint density at radius 2 is 1.76 bits per heavy atom. The SMILES string of the molecule is C[C@@H](NCc1c[nH]c2cc(Cl)ccc12)c1ccc(Cl)cc1. The fourth-order valence-electron chi connectivity index (χ4n) is 2.44. The van der Waals surface area contributed by atoms with Crippen molar-refractivity contribution in [1.29, 1.82) is 0 Å². The molecule has 108 valence electrons. The van der Waals surface area contributed by atoms with Crippen LogP contribution in [0.5, 0.6) is 0 Å². The van der Waals surface area contributed by atoms with Gasteiger partial charge in [-0.3, -0.25) is 0 Å². The minimum atomic E-state index is 0.263. The van der Waals surface area contributed by atoms with Crippen molar-refractivity contribution in [3.8, 4) is 0 Å². The molecule has 2 N–H and O–H groups in total. The van der Waals surface area contributed by atoms with Gasteiger partial charge in [0.15, 0.2) is 0 Å². The Bertz CT molecular complexity index is 747. The molecule has 0 unspecified atom stereocenters. The molecule has 0 bridgehead atoms. The lowest BCUT2D eigenvalue weighted by Gasteiger charge is -2.14. The first-order valence-corrected chi connectivity index (χ1v) is 7.63. The first-order valence-electron chi connectivity index (χ1n) is 6.88. The Kier molecular flexibility index (Phi) is 4.20. The first-order chi connectivity index (χ1) is 10.1. The number of rotatable bonds is 4. The first kappa shape index (κ1) is 14.5. The smallest absolute Gasteiger partial charge is 0.0472 e. The van der Waals surface area contributed by atoms with Crippen molar-refractivity contribution >= 4 is 34.1 Å². The highest BCUT2D eigenvalue weighted by Crippen LogP contribution is 2.23. The van der Waals surface area contributed by atoms with E-state index in [0.29, 0.717) is 0 Å². The van der Waals surface area contributed by atoms with Gasteiger partial charge in [0, 0.05) is 39.7 Å². The maximum Gasteiger partial charge on any atom is 0.0472 e. The van der Waals surface area contributed by atoms with E-state index in [-0.39, 0.29) is 6.04 Å². The van der Waals surface area contributed by atoms with Crippen LogP contribution in [0.3, 0.4) is 0 Å². The molecule has 3 aromatic rings. The number of hydrogen-bond acceptors (Lipinski definition) is 1. The van der Waals surface area contributed by atoms with Gasteiger partial charge >= 0.3 is 0 Å². The van der Waals surface area contributed by atoms with Gasteiger partial charge in [-0.05, 0) is 42.3 Å². The molecule has 0 radical (unpaired) electrons. The maximum absolute atomic E-state index is 6.00. The minimum Gasteiger partial charge on any atom is -0.361 e. The van der Waals surface area contributed by atoms with Crippen molar-refractivity contribution in [2.45, 2.75) is 19.5 Å². The third-order valence-electron chi connectivity index (χ3n) is 3.70. The highest BCUT2D eigenvalue weighted by molar-refractivity contribution is 6.31. The molecule has 21 heavy (non-hydrogen) atoms. The van der Waals surface area contributed by atoms with Gasteiger partial charge in [0.25, 0.3) is 0 Å². The van der Waals surface area contributed by atoms with Crippen LogP contribution < -0.4 is 5.32 Å². The van der Waals surface area contributed by atoms with Crippen molar-refractivity contribution in [1.82, 2.24) is 10.3 Å². The van der Waals surface area contributed by atoms with Crippen LogP contribution in [-0.4, -0.2) is 4.98 Å². The Hall–Kier alpha value is -1.48. The van der Waals surface area contributed by atoms with E-state index < -0.39 is 0 Å². The summed E-state index contributed by atoms with van der Waals surface area (Å²) in [7, 11) is 0. The molecule has 0 saturated carbocycles. The maximum atomic E-state index is 6.00. The molecule has 0 saturated heterocycles. The van der Waals surface area contributed by atoms with Crippen LogP contribution in [0.15, 0.2) is 48.7 Å². The van der Waals surface area contributed by atoms with Crippen LogP contribution >= 0.6 is 23.2 Å². The molecule has 2 nitrogen and oxygen atoms in total. The van der Waals surface area contributed by atoms with E-state index in [1.54, 1.807) is 0 Å². The number of aromatic amines is 1. The largest absolute Gasteiger partial charge is 0.361 e. The molecule has 1 aromatic heterocycles. The molecule has 0 aliphatic rings. The van der Waals surface area contributed by atoms with Crippen LogP contribution in [0.2, 0.25) is 10.0 Å². The van der Waals surface area contributed by atoms with Crippen molar-refractivity contribution in [3.63, 3.8) is 0 Å². The van der Waals surface area contributed by atoms with Crippen LogP contribution in [0.1, 0.15) is 24.1 Å². The van der Waals surface area contributed by atoms with Gasteiger partial charge in [-0.2, -0.15) is 0 Å². The topological polar surface area (TPSA) is 27.8 Å². The standard InChI is InChI=1S/C17H16Cl2N2/c1-11(12-2-4-14(18)5-3-12)20-9-13-10-21-17-8-15(19)6-7-16(13)17/h2-8,10-11,20-21H,9H2,1H3/t11-/m1/s1. The van der Waals surface area contributed by atoms with Gasteiger partial charge in [0.1, 0.15) is 0 Å². The second-order valence-corrected chi connectivity index (χ2v) is 6.03. The zero-order chi connectivity index (χ0) is 14.8. The highest BCUT2D eigenvalue weighted by atomic mass is 35.5. The van der Waals surface area contributed by atoms with E-state index in [4.69, 9.17) is 23.2 Å². The van der Waals surface area contributed by atoms with Gasteiger partial charge in [-0.25, -0.2) is 0 Å². The highest BCUT2D eigenvalue weighted by Gasteiger charge is 2.08. The Morgan fingerprint density at radius 1 is 1.05 bits per heavy atom. The monoisotopic (exact) mass is 318 g/mol. The van der Waals surface area contributed by atoms with Gasteiger partial charge < -0.3 is 10.3 Å². The summed E-state index contributed by atoms with van der Waals surface area (Å²) in [5, 5.41) is 6.25. The molecule has 0 aliphatic carbocycles. The van der Waals surface area contributed by atoms with E-state index in [1.807, 2.05) is 30.5 Å². The summed E-state index contributed by atoms with van der Waals surface area (Å²) in [5.74, 6) is 0. The van der Waals surface area contributed by atoms with E-state index in [0.717, 1.165) is 22.1 Å². The van der Waals surface area contributed by atoms with Crippen molar-refractivity contribution < 1.29 is 0 Å². The molecular formula is C17H16Cl2N2. The van der Waals surface area contributed by atoms with E-state index in [9.17, 15) is 0 Å². The molecule has 0 spiro atoms. The summed E-state index contributed by atoms with van der Waals surface area (Å²) in [5.41, 5.74) is 3.53. The Labute approximate surface area is 134 Å². The Morgan fingerprint density at radius 3 is 2.52 bits per heavy atom. The van der Waals surface area contributed by atoms with Crippen LogP contribution in [0.4, 0.5) is 0 Å². The Balaban J connectivity index is 1.72. The number of hydrogen-bond donors (Lipinski definition) is 2. The molecule has 0 fully saturated rings. The lowest BCUT2D eigenvalue weighted by Crippen LogP contribution is -2.17.